The molecule has 49 heavy (non-hydrogen) atoms. The number of rotatable bonds is 12. The standard InChI is InChI=1S/C41H46O8/c1-26(16-20-43-31-12-10-28-9-11-30(42)23-29(28)24-31)8-14-37-40(5,6)49-41(48-37)19-15-32-35(46-41)25-34-33(18-22-44-34)38(32)45-21-17-27(2)7-13-36-39(3,4)47-36/h9-12,15-19,22,24-25,36-37H,7-8,13-14,20-21,23H2,1-6H3/b26-16+,27-17+. The number of carbonyl (C=O) groups is 1. The highest BCUT2D eigenvalue weighted by Gasteiger charge is 2.54. The summed E-state index contributed by atoms with van der Waals surface area (Å²) < 4.78 is 43.4. The fourth-order valence-corrected chi connectivity index (χ4v) is 6.79. The molecule has 258 valence electrons. The van der Waals surface area contributed by atoms with Gasteiger partial charge < -0.3 is 32.8 Å². The number of hydrogen-bond acceptors (Lipinski definition) is 8. The molecule has 8 nitrogen and oxygen atoms in total. The zero-order valence-electron chi connectivity index (χ0n) is 29.3. The Kier molecular flexibility index (Phi) is 8.84. The second kappa shape index (κ2) is 13.0. The lowest BCUT2D eigenvalue weighted by Gasteiger charge is -2.30. The number of allylic oxidation sites excluding steroid dienone is 3. The molecule has 4 heterocycles. The Balaban J connectivity index is 0.967. The van der Waals surface area contributed by atoms with Crippen molar-refractivity contribution in [1.82, 2.24) is 0 Å². The van der Waals surface area contributed by atoms with Crippen LogP contribution in [0.3, 0.4) is 0 Å². The Morgan fingerprint density at radius 2 is 1.59 bits per heavy atom. The minimum atomic E-state index is -1.35. The number of benzene rings is 2. The maximum Gasteiger partial charge on any atom is 0.350 e. The Morgan fingerprint density at radius 1 is 0.878 bits per heavy atom. The summed E-state index contributed by atoms with van der Waals surface area (Å²) in [5, 5.41) is 0.888. The summed E-state index contributed by atoms with van der Waals surface area (Å²) in [5.74, 6) is 0.821. The van der Waals surface area contributed by atoms with Gasteiger partial charge >= 0.3 is 5.97 Å². The molecule has 0 amide bonds. The number of epoxide rings is 1. The lowest BCUT2D eigenvalue weighted by molar-refractivity contribution is -0.270. The maximum absolute atomic E-state index is 11.8. The molecule has 2 fully saturated rings. The molecule has 2 saturated heterocycles. The summed E-state index contributed by atoms with van der Waals surface area (Å²) >= 11 is 0. The van der Waals surface area contributed by atoms with Crippen molar-refractivity contribution in [3.05, 3.63) is 88.7 Å². The first-order chi connectivity index (χ1) is 23.4. The van der Waals surface area contributed by atoms with Crippen LogP contribution in [0, 0.1) is 0 Å². The third-order valence-corrected chi connectivity index (χ3v) is 9.94. The first-order valence-electron chi connectivity index (χ1n) is 17.3. The SMILES string of the molecule is C/C(=C\COc1c2c(cc3occc13)OC1(C=C2)OC(CC/C(C)=C/COc2ccc3c(c2)CC(=O)C=C3)C(C)(C)O1)CCC1OC1(C)C. The topological polar surface area (TPSA) is 88.9 Å². The monoisotopic (exact) mass is 666 g/mol. The van der Waals surface area contributed by atoms with Gasteiger partial charge in [0, 0.05) is 18.6 Å². The molecule has 0 saturated carbocycles. The van der Waals surface area contributed by atoms with Gasteiger partial charge in [0.05, 0.1) is 40.6 Å². The molecule has 1 aliphatic carbocycles. The molecule has 0 radical (unpaired) electrons. The Hall–Kier alpha value is -4.11. The van der Waals surface area contributed by atoms with E-state index in [0.29, 0.717) is 42.8 Å². The lowest BCUT2D eigenvalue weighted by Crippen LogP contribution is -2.38. The van der Waals surface area contributed by atoms with Gasteiger partial charge in [0.1, 0.15) is 36.0 Å². The van der Waals surface area contributed by atoms with E-state index in [-0.39, 0.29) is 17.5 Å². The Labute approximate surface area is 288 Å². The number of furan rings is 1. The van der Waals surface area contributed by atoms with Crippen molar-refractivity contribution >= 4 is 28.9 Å². The van der Waals surface area contributed by atoms with Crippen LogP contribution >= 0.6 is 0 Å². The second-order valence-electron chi connectivity index (χ2n) is 14.6. The van der Waals surface area contributed by atoms with Crippen molar-refractivity contribution in [3.8, 4) is 17.2 Å². The summed E-state index contributed by atoms with van der Waals surface area (Å²) in [6.07, 6.45) is 17.3. The van der Waals surface area contributed by atoms with Gasteiger partial charge in [-0.3, -0.25) is 4.79 Å². The number of ether oxygens (including phenoxy) is 6. The summed E-state index contributed by atoms with van der Waals surface area (Å²) in [6.45, 7) is 13.5. The van der Waals surface area contributed by atoms with Gasteiger partial charge in [-0.05, 0) is 121 Å². The van der Waals surface area contributed by atoms with Crippen LogP contribution in [0.5, 0.6) is 17.2 Å². The number of ketones is 1. The quantitative estimate of drug-likeness (QED) is 0.140. The highest BCUT2D eigenvalue weighted by atomic mass is 16.9. The van der Waals surface area contributed by atoms with Crippen molar-refractivity contribution in [2.45, 2.75) is 103 Å². The van der Waals surface area contributed by atoms with Crippen LogP contribution in [0.15, 0.2) is 76.5 Å². The average Bonchev–Trinajstić information content (AvgIpc) is 3.31. The number of fused-ring (bicyclic) bond motifs is 3. The molecule has 4 aliphatic rings. The zero-order valence-corrected chi connectivity index (χ0v) is 29.3. The summed E-state index contributed by atoms with van der Waals surface area (Å²) in [4.78, 5) is 11.8. The van der Waals surface area contributed by atoms with Gasteiger partial charge in [0.2, 0.25) is 0 Å². The third kappa shape index (κ3) is 7.28. The highest BCUT2D eigenvalue weighted by Crippen LogP contribution is 2.48. The fraction of sp³-hybridized carbons (Fsp3) is 0.439. The predicted molar refractivity (Wildman–Crippen MR) is 189 cm³/mol. The second-order valence-corrected chi connectivity index (χ2v) is 14.6. The molecule has 3 unspecified atom stereocenters. The minimum absolute atomic E-state index is 0.0104. The Bertz CT molecular complexity index is 1870. The maximum atomic E-state index is 11.8. The van der Waals surface area contributed by atoms with E-state index in [1.807, 2.05) is 62.4 Å². The van der Waals surface area contributed by atoms with E-state index in [4.69, 9.17) is 32.8 Å². The minimum Gasteiger partial charge on any atom is -0.490 e. The van der Waals surface area contributed by atoms with Crippen LogP contribution in [-0.2, 0) is 25.4 Å². The largest absolute Gasteiger partial charge is 0.490 e. The van der Waals surface area contributed by atoms with Crippen molar-refractivity contribution < 1.29 is 37.6 Å². The molecule has 1 spiro atoms. The van der Waals surface area contributed by atoms with Crippen LogP contribution in [0.2, 0.25) is 0 Å². The molecular formula is C41H46O8. The van der Waals surface area contributed by atoms with E-state index in [9.17, 15) is 4.79 Å². The van der Waals surface area contributed by atoms with Gasteiger partial charge in [-0.1, -0.05) is 23.3 Å². The smallest absolute Gasteiger partial charge is 0.350 e. The summed E-state index contributed by atoms with van der Waals surface area (Å²) in [5.41, 5.74) is 5.45. The highest BCUT2D eigenvalue weighted by molar-refractivity contribution is 5.98. The van der Waals surface area contributed by atoms with Gasteiger partial charge in [0.25, 0.3) is 0 Å². The molecule has 2 aromatic carbocycles. The van der Waals surface area contributed by atoms with Gasteiger partial charge in [-0.15, -0.1) is 0 Å². The van der Waals surface area contributed by atoms with Crippen LogP contribution in [0.4, 0.5) is 0 Å². The normalized spacial score (nSPS) is 25.0. The third-order valence-electron chi connectivity index (χ3n) is 9.94. The van der Waals surface area contributed by atoms with E-state index in [1.165, 1.54) is 11.1 Å². The molecule has 3 aromatic rings. The van der Waals surface area contributed by atoms with Crippen molar-refractivity contribution in [2.24, 2.45) is 0 Å². The van der Waals surface area contributed by atoms with Gasteiger partial charge in [-0.2, -0.15) is 0 Å². The zero-order chi connectivity index (χ0) is 34.4. The van der Waals surface area contributed by atoms with Crippen LogP contribution in [0.25, 0.3) is 23.1 Å². The number of hydrogen-bond donors (Lipinski definition) is 0. The van der Waals surface area contributed by atoms with Gasteiger partial charge in [0.15, 0.2) is 5.78 Å². The Morgan fingerprint density at radius 3 is 2.33 bits per heavy atom. The fourth-order valence-electron chi connectivity index (χ4n) is 6.79. The predicted octanol–water partition coefficient (Wildman–Crippen LogP) is 8.91. The van der Waals surface area contributed by atoms with E-state index in [0.717, 1.165) is 53.5 Å². The van der Waals surface area contributed by atoms with E-state index < -0.39 is 11.6 Å². The van der Waals surface area contributed by atoms with Gasteiger partial charge in [-0.25, -0.2) is 0 Å². The van der Waals surface area contributed by atoms with Crippen LogP contribution < -0.4 is 14.2 Å². The van der Waals surface area contributed by atoms with Crippen LogP contribution in [0.1, 0.15) is 83.9 Å². The van der Waals surface area contributed by atoms with Crippen molar-refractivity contribution in [3.63, 3.8) is 0 Å². The van der Waals surface area contributed by atoms with Crippen molar-refractivity contribution in [2.75, 3.05) is 13.2 Å². The lowest BCUT2D eigenvalue weighted by atomic mass is 9.96. The molecule has 0 bridgehead atoms. The summed E-state index contributed by atoms with van der Waals surface area (Å²) in [6, 6.07) is 9.69. The van der Waals surface area contributed by atoms with E-state index in [1.54, 1.807) is 12.3 Å². The molecule has 1 aromatic heterocycles. The molecule has 0 N–H and O–H groups in total. The first kappa shape index (κ1) is 33.4. The van der Waals surface area contributed by atoms with E-state index in [2.05, 4.69) is 39.8 Å². The van der Waals surface area contributed by atoms with Crippen molar-refractivity contribution in [1.29, 1.82) is 0 Å². The first-order valence-corrected chi connectivity index (χ1v) is 17.3. The molecule has 3 atom stereocenters. The van der Waals surface area contributed by atoms with E-state index >= 15 is 0 Å². The average molecular weight is 667 g/mol. The molecule has 8 heteroatoms. The summed E-state index contributed by atoms with van der Waals surface area (Å²) in [7, 11) is 0. The number of carbonyl (C=O) groups excluding carboxylic acids is 1. The van der Waals surface area contributed by atoms with Crippen LogP contribution in [-0.4, -0.2) is 48.4 Å². The molecular weight excluding hydrogens is 620 g/mol. The molecule has 3 aliphatic heterocycles. The molecule has 7 rings (SSSR count).